The molecule has 0 aliphatic carbocycles. The van der Waals surface area contributed by atoms with Crippen LogP contribution in [-0.4, -0.2) is 90.6 Å². The molecule has 0 amide bonds. The average Bonchev–Trinajstić information content (AvgIpc) is 3.16. The summed E-state index contributed by atoms with van der Waals surface area (Å²) in [6.45, 7) is 9.13. The molecule has 0 radical (unpaired) electrons. The topological polar surface area (TPSA) is 81.0 Å². The first-order chi connectivity index (χ1) is 18.5. The summed E-state index contributed by atoms with van der Waals surface area (Å²) in [5.41, 5.74) is 2.33. The van der Waals surface area contributed by atoms with Crippen LogP contribution in [0.1, 0.15) is 19.3 Å². The third-order valence-electron chi connectivity index (χ3n) is 7.45. The second kappa shape index (κ2) is 11.7. The lowest BCUT2D eigenvalue weighted by Crippen LogP contribution is -2.33. The molecule has 1 aliphatic heterocycles. The average molecular weight is 535 g/mol. The van der Waals surface area contributed by atoms with Gasteiger partial charge in [-0.05, 0) is 65.3 Å². The maximum atomic E-state index is 13.8. The first-order valence-electron chi connectivity index (χ1n) is 13.4. The van der Waals surface area contributed by atoms with E-state index in [4.69, 9.17) is 4.98 Å². The molecule has 0 spiro atoms. The van der Waals surface area contributed by atoms with Crippen LogP contribution in [0.15, 0.2) is 48.0 Å². The molecule has 1 unspecified atom stereocenters. The third-order valence-corrected chi connectivity index (χ3v) is 8.59. The molecular formula is C28H38N8OS. The number of nitrogens with one attached hydrogen (secondary N) is 2. The molecule has 3 aromatic heterocycles. The number of rotatable bonds is 10. The van der Waals surface area contributed by atoms with Crippen LogP contribution in [-0.2, 0) is 0 Å². The van der Waals surface area contributed by atoms with Crippen molar-refractivity contribution in [3.63, 3.8) is 0 Å². The van der Waals surface area contributed by atoms with E-state index in [-0.39, 0.29) is 5.43 Å². The van der Waals surface area contributed by atoms with Crippen molar-refractivity contribution < 1.29 is 0 Å². The monoisotopic (exact) mass is 534 g/mol. The Kier molecular flexibility index (Phi) is 8.11. The Hall–Kier alpha value is -3.21. The van der Waals surface area contributed by atoms with Crippen molar-refractivity contribution in [1.82, 2.24) is 29.5 Å². The highest BCUT2D eigenvalue weighted by Crippen LogP contribution is 2.33. The van der Waals surface area contributed by atoms with E-state index in [1.165, 1.54) is 0 Å². The van der Waals surface area contributed by atoms with Gasteiger partial charge in [-0.3, -0.25) is 9.20 Å². The predicted octanol–water partition coefficient (Wildman–Crippen LogP) is 3.45. The smallest absolute Gasteiger partial charge is 0.227 e. The van der Waals surface area contributed by atoms with E-state index in [1.54, 1.807) is 23.7 Å². The minimum Gasteiger partial charge on any atom is -0.391 e. The van der Waals surface area contributed by atoms with Gasteiger partial charge in [0.05, 0.1) is 15.6 Å². The van der Waals surface area contributed by atoms with E-state index in [0.717, 1.165) is 67.0 Å². The molecule has 1 fully saturated rings. The first-order valence-corrected chi connectivity index (χ1v) is 14.2. The summed E-state index contributed by atoms with van der Waals surface area (Å²) < 4.78 is 3.27. The van der Waals surface area contributed by atoms with Crippen molar-refractivity contribution in [3.05, 3.63) is 53.5 Å². The summed E-state index contributed by atoms with van der Waals surface area (Å²) in [4.78, 5) is 31.2. The lowest BCUT2D eigenvalue weighted by molar-refractivity contribution is 0.268. The van der Waals surface area contributed by atoms with Gasteiger partial charge in [-0.1, -0.05) is 18.7 Å². The number of thiazole rings is 1. The minimum absolute atomic E-state index is 0.0385. The fourth-order valence-corrected chi connectivity index (χ4v) is 6.38. The van der Waals surface area contributed by atoms with Gasteiger partial charge in [0.1, 0.15) is 10.5 Å². The largest absolute Gasteiger partial charge is 0.391 e. The molecule has 2 N–H and O–H groups in total. The number of anilines is 2. The predicted molar refractivity (Wildman–Crippen MR) is 160 cm³/mol. The molecule has 5 rings (SSSR count). The maximum absolute atomic E-state index is 13.8. The molecule has 0 bridgehead atoms. The minimum atomic E-state index is -0.0385. The van der Waals surface area contributed by atoms with Gasteiger partial charge in [0.15, 0.2) is 5.65 Å². The van der Waals surface area contributed by atoms with Crippen LogP contribution < -0.4 is 21.0 Å². The summed E-state index contributed by atoms with van der Waals surface area (Å²) in [5, 5.41) is 7.25. The van der Waals surface area contributed by atoms with Gasteiger partial charge in [0.2, 0.25) is 11.4 Å². The van der Waals surface area contributed by atoms with Crippen molar-refractivity contribution in [2.75, 3.05) is 70.6 Å². The van der Waals surface area contributed by atoms with Crippen molar-refractivity contribution in [2.45, 2.75) is 25.3 Å². The molecule has 1 saturated heterocycles. The molecule has 4 aromatic rings. The number of para-hydroxylation sites is 1. The van der Waals surface area contributed by atoms with Crippen molar-refractivity contribution in [2.24, 2.45) is 0 Å². The second-order valence-electron chi connectivity index (χ2n) is 10.2. The van der Waals surface area contributed by atoms with Crippen LogP contribution in [0.25, 0.3) is 26.1 Å². The summed E-state index contributed by atoms with van der Waals surface area (Å²) in [6.07, 6.45) is 6.44. The molecule has 1 aromatic carbocycles. The normalized spacial score (nSPS) is 15.8. The summed E-state index contributed by atoms with van der Waals surface area (Å²) in [6, 6.07) is 8.67. The maximum Gasteiger partial charge on any atom is 0.227 e. The van der Waals surface area contributed by atoms with Crippen molar-refractivity contribution in [1.29, 1.82) is 0 Å². The fourth-order valence-electron chi connectivity index (χ4n) is 5.22. The number of fused-ring (bicyclic) bond motifs is 5. The Morgan fingerprint density at radius 2 is 1.97 bits per heavy atom. The van der Waals surface area contributed by atoms with E-state index in [0.29, 0.717) is 35.3 Å². The lowest BCUT2D eigenvalue weighted by atomic mass is 10.1. The highest BCUT2D eigenvalue weighted by molar-refractivity contribution is 7.24. The van der Waals surface area contributed by atoms with Crippen LogP contribution in [0.2, 0.25) is 0 Å². The van der Waals surface area contributed by atoms with Gasteiger partial charge >= 0.3 is 0 Å². The van der Waals surface area contributed by atoms with Crippen LogP contribution in [0, 0.1) is 0 Å². The number of aromatic nitrogens is 3. The van der Waals surface area contributed by atoms with E-state index in [1.807, 2.05) is 12.1 Å². The number of benzene rings is 1. The summed E-state index contributed by atoms with van der Waals surface area (Å²) in [7, 11) is 6.36. The SMILES string of the molecule is C=CNCCC(CCNc1c(=O)c2cnc(N3CCCN(C)CC3)nc2n2c1sc1ccccc12)N(C)C. The molecule has 1 aliphatic rings. The van der Waals surface area contributed by atoms with Crippen LogP contribution >= 0.6 is 11.3 Å². The zero-order valence-corrected chi connectivity index (χ0v) is 23.4. The zero-order valence-electron chi connectivity index (χ0n) is 22.6. The van der Waals surface area contributed by atoms with Gasteiger partial charge in [-0.2, -0.15) is 4.98 Å². The lowest BCUT2D eigenvalue weighted by Gasteiger charge is -2.24. The molecule has 10 heteroatoms. The van der Waals surface area contributed by atoms with Crippen LogP contribution in [0.5, 0.6) is 0 Å². The second-order valence-corrected chi connectivity index (χ2v) is 11.3. The first kappa shape index (κ1) is 26.4. The molecule has 202 valence electrons. The zero-order chi connectivity index (χ0) is 26.6. The standard InChI is InChI=1S/C28H38N8OS/c1-5-29-13-11-20(33(2)3)12-14-30-24-25(37)21-19-31-28(35-16-8-15-34(4)17-18-35)32-26(21)36-22-9-6-7-10-23(22)38-27(24)36/h5-7,9-10,19-20,29-30H,1,8,11-18H2,2-4H3. The van der Waals surface area contributed by atoms with E-state index in [2.05, 4.69) is 74.6 Å². The number of hydrogen-bond donors (Lipinski definition) is 2. The number of nitrogens with zero attached hydrogens (tertiary/aromatic N) is 6. The van der Waals surface area contributed by atoms with Gasteiger partial charge in [-0.15, -0.1) is 11.3 Å². The van der Waals surface area contributed by atoms with Gasteiger partial charge in [0, 0.05) is 45.0 Å². The van der Waals surface area contributed by atoms with E-state index < -0.39 is 0 Å². The van der Waals surface area contributed by atoms with Crippen molar-refractivity contribution >= 4 is 49.1 Å². The Morgan fingerprint density at radius 1 is 1.16 bits per heavy atom. The number of pyridine rings is 1. The third kappa shape index (κ3) is 5.34. The number of likely N-dealkylation sites (N-methyl/N-ethyl adjacent to an activating group) is 1. The van der Waals surface area contributed by atoms with Gasteiger partial charge in [-0.25, -0.2) is 4.98 Å². The molecule has 1 atom stereocenters. The van der Waals surface area contributed by atoms with Gasteiger partial charge < -0.3 is 25.3 Å². The highest BCUT2D eigenvalue weighted by atomic mass is 32.1. The summed E-state index contributed by atoms with van der Waals surface area (Å²) >= 11 is 1.63. The molecular weight excluding hydrogens is 496 g/mol. The molecule has 9 nitrogen and oxygen atoms in total. The summed E-state index contributed by atoms with van der Waals surface area (Å²) in [5.74, 6) is 0.693. The Labute approximate surface area is 227 Å². The number of hydrogen-bond acceptors (Lipinski definition) is 9. The molecule has 0 saturated carbocycles. The Bertz CT molecular complexity index is 1480. The fraction of sp³-hybridized carbons (Fsp3) is 0.464. The van der Waals surface area contributed by atoms with Gasteiger partial charge in [0.25, 0.3) is 0 Å². The highest BCUT2D eigenvalue weighted by Gasteiger charge is 2.21. The van der Waals surface area contributed by atoms with Crippen LogP contribution in [0.4, 0.5) is 11.6 Å². The van der Waals surface area contributed by atoms with E-state index >= 15 is 0 Å². The Balaban J connectivity index is 1.53. The molecule has 4 heterocycles. The van der Waals surface area contributed by atoms with E-state index in [9.17, 15) is 4.79 Å². The molecule has 38 heavy (non-hydrogen) atoms. The quantitative estimate of drug-likeness (QED) is 0.300. The Morgan fingerprint density at radius 3 is 2.79 bits per heavy atom. The van der Waals surface area contributed by atoms with Crippen molar-refractivity contribution in [3.8, 4) is 0 Å². The van der Waals surface area contributed by atoms with Crippen LogP contribution in [0.3, 0.4) is 0 Å².